The Morgan fingerprint density at radius 2 is 1.49 bits per heavy atom. The number of benzene rings is 4. The van der Waals surface area contributed by atoms with Crippen molar-refractivity contribution in [1.29, 1.82) is 0 Å². The predicted molar refractivity (Wildman–Crippen MR) is 136 cm³/mol. The molecular weight excluding hydrogens is 609 g/mol. The van der Waals surface area contributed by atoms with E-state index in [0.29, 0.717) is 6.61 Å². The third-order valence-electron chi connectivity index (χ3n) is 5.87. The third-order valence-corrected chi connectivity index (χ3v) is 5.87. The van der Waals surface area contributed by atoms with E-state index in [1.165, 1.54) is 10.8 Å². The van der Waals surface area contributed by atoms with Crippen molar-refractivity contribution in [3.8, 4) is 28.3 Å². The fourth-order valence-corrected chi connectivity index (χ4v) is 4.14. The Kier molecular flexibility index (Phi) is 6.67. The number of pyridine rings is 2. The number of ether oxygens (including phenoxy) is 1. The molecule has 4 aromatic carbocycles. The number of fused-ring (bicyclic) bond motifs is 5. The fourth-order valence-electron chi connectivity index (χ4n) is 4.14. The molecule has 0 aliphatic carbocycles. The van der Waals surface area contributed by atoms with Gasteiger partial charge >= 0.3 is 0 Å². The summed E-state index contributed by atoms with van der Waals surface area (Å²) >= 11 is 0. The molecule has 0 saturated heterocycles. The summed E-state index contributed by atoms with van der Waals surface area (Å²) < 4.78 is 5.78. The number of nitrogens with zero attached hydrogens (tertiary/aromatic N) is 2. The molecule has 3 heterocycles. The number of aromatic nitrogens is 2. The van der Waals surface area contributed by atoms with E-state index in [4.69, 9.17) is 9.72 Å². The molecule has 0 atom stereocenters. The van der Waals surface area contributed by atoms with Gasteiger partial charge in [-0.05, 0) is 28.6 Å². The summed E-state index contributed by atoms with van der Waals surface area (Å²) in [6.07, 6.45) is 1.91. The van der Waals surface area contributed by atoms with Gasteiger partial charge in [-0.1, -0.05) is 54.1 Å². The maximum absolute atomic E-state index is 5.78. The maximum atomic E-state index is 5.78. The molecule has 2 aromatic heterocycles. The molecule has 0 bridgehead atoms. The molecule has 6 aromatic rings. The average molecular weight is 629 g/mol. The zero-order valence-corrected chi connectivity index (χ0v) is 21.1. The van der Waals surface area contributed by atoms with Crippen LogP contribution in [-0.4, -0.2) is 9.97 Å². The van der Waals surface area contributed by atoms with Crippen molar-refractivity contribution < 1.29 is 24.8 Å². The van der Waals surface area contributed by atoms with Gasteiger partial charge < -0.3 is 9.72 Å². The third kappa shape index (κ3) is 4.72. The zero-order valence-electron chi connectivity index (χ0n) is 18.7. The second-order valence-corrected chi connectivity index (χ2v) is 8.08. The standard InChI is InChI=1S/C16H10NO.C15H10N.Ir/c1-3-7-13-12(6-1)10-18-15-9-11-5-2-4-8-14(11)17-16(13)15;1-2-6-12(7-3-1)15-10-13-8-4-5-9-14(13)11-16-15;/h1-6,8-9H,10H2;1-6,8-11H;/q2*-1;. The number of rotatable bonds is 1. The first-order chi connectivity index (χ1) is 16.8. The molecule has 171 valence electrons. The van der Waals surface area contributed by atoms with Gasteiger partial charge in [0.05, 0.1) is 12.1 Å². The van der Waals surface area contributed by atoms with Crippen LogP contribution in [0.5, 0.6) is 5.75 Å². The second kappa shape index (κ2) is 10.2. The SMILES string of the molecule is [Ir].[c-]1cccc2c1-c1nc3ccccc3cc1OC2.[c-]1ccccc1-c1cc2ccccc2cn1. The van der Waals surface area contributed by atoms with Gasteiger partial charge in [0.1, 0.15) is 5.75 Å². The minimum atomic E-state index is 0. The Morgan fingerprint density at radius 3 is 2.34 bits per heavy atom. The van der Waals surface area contributed by atoms with Crippen LogP contribution in [0.25, 0.3) is 44.2 Å². The fraction of sp³-hybridized carbons (Fsp3) is 0.0323. The van der Waals surface area contributed by atoms with Crippen molar-refractivity contribution in [2.75, 3.05) is 0 Å². The van der Waals surface area contributed by atoms with E-state index in [1.54, 1.807) is 0 Å². The van der Waals surface area contributed by atoms with E-state index >= 15 is 0 Å². The average Bonchev–Trinajstić information content (AvgIpc) is 2.92. The van der Waals surface area contributed by atoms with Crippen LogP contribution in [0.2, 0.25) is 0 Å². The van der Waals surface area contributed by atoms with Gasteiger partial charge in [0.2, 0.25) is 0 Å². The van der Waals surface area contributed by atoms with E-state index in [9.17, 15) is 0 Å². The molecule has 35 heavy (non-hydrogen) atoms. The first-order valence-corrected chi connectivity index (χ1v) is 11.2. The summed E-state index contributed by atoms with van der Waals surface area (Å²) in [7, 11) is 0. The first kappa shape index (κ1) is 22.9. The van der Waals surface area contributed by atoms with Gasteiger partial charge in [-0.15, -0.1) is 65.7 Å². The van der Waals surface area contributed by atoms with Crippen molar-refractivity contribution >= 4 is 21.7 Å². The topological polar surface area (TPSA) is 35.0 Å². The van der Waals surface area contributed by atoms with Crippen LogP contribution < -0.4 is 4.74 Å². The quantitative estimate of drug-likeness (QED) is 0.180. The number of hydrogen-bond donors (Lipinski definition) is 0. The van der Waals surface area contributed by atoms with E-state index in [1.807, 2.05) is 72.9 Å². The smallest absolute Gasteiger partial charge is 0.104 e. The Bertz CT molecular complexity index is 1620. The van der Waals surface area contributed by atoms with Crippen LogP contribution in [0.15, 0.2) is 109 Å². The minimum Gasteiger partial charge on any atom is -0.506 e. The van der Waals surface area contributed by atoms with E-state index in [0.717, 1.165) is 44.7 Å². The van der Waals surface area contributed by atoms with Crippen LogP contribution in [0.1, 0.15) is 5.56 Å². The molecule has 0 N–H and O–H groups in total. The van der Waals surface area contributed by atoms with Crippen molar-refractivity contribution in [3.63, 3.8) is 0 Å². The summed E-state index contributed by atoms with van der Waals surface area (Å²) in [5.74, 6) is 0.851. The van der Waals surface area contributed by atoms with Gasteiger partial charge in [-0.3, -0.25) is 4.98 Å². The zero-order chi connectivity index (χ0) is 22.7. The number of hydrogen-bond acceptors (Lipinski definition) is 3. The first-order valence-electron chi connectivity index (χ1n) is 11.2. The van der Waals surface area contributed by atoms with Crippen LogP contribution in [0.3, 0.4) is 0 Å². The van der Waals surface area contributed by atoms with E-state index in [-0.39, 0.29) is 20.1 Å². The molecule has 0 fully saturated rings. The Labute approximate surface area is 217 Å². The summed E-state index contributed by atoms with van der Waals surface area (Å²) in [6.45, 7) is 0.597. The van der Waals surface area contributed by atoms with Crippen LogP contribution in [-0.2, 0) is 26.7 Å². The van der Waals surface area contributed by atoms with Crippen molar-refractivity contribution in [1.82, 2.24) is 9.97 Å². The predicted octanol–water partition coefficient (Wildman–Crippen LogP) is 7.29. The summed E-state index contributed by atoms with van der Waals surface area (Å²) in [4.78, 5) is 9.15. The molecule has 3 nitrogen and oxygen atoms in total. The van der Waals surface area contributed by atoms with Crippen LogP contribution in [0, 0.1) is 12.1 Å². The molecule has 4 heteroatoms. The molecule has 1 radical (unpaired) electrons. The van der Waals surface area contributed by atoms with Gasteiger partial charge in [0.15, 0.2) is 0 Å². The molecule has 1 aliphatic heterocycles. The Morgan fingerprint density at radius 1 is 0.714 bits per heavy atom. The molecule has 0 saturated carbocycles. The Hall–Kier alpha value is -3.85. The largest absolute Gasteiger partial charge is 0.506 e. The number of para-hydroxylation sites is 1. The second-order valence-electron chi connectivity index (χ2n) is 8.08. The molecular formula is C31H20IrN2O-2. The maximum Gasteiger partial charge on any atom is 0.104 e. The molecule has 0 amide bonds. The minimum absolute atomic E-state index is 0. The summed E-state index contributed by atoms with van der Waals surface area (Å²) in [5, 5.41) is 3.49. The molecule has 1 aliphatic rings. The molecule has 0 unspecified atom stereocenters. The van der Waals surface area contributed by atoms with Gasteiger partial charge in [0.25, 0.3) is 0 Å². The molecule has 7 rings (SSSR count). The summed E-state index contributed by atoms with van der Waals surface area (Å²) in [5.41, 5.74) is 6.10. The molecule has 0 spiro atoms. The van der Waals surface area contributed by atoms with Gasteiger partial charge in [-0.2, -0.15) is 0 Å². The van der Waals surface area contributed by atoms with Gasteiger partial charge in [0, 0.05) is 37.4 Å². The summed E-state index contributed by atoms with van der Waals surface area (Å²) in [6, 6.07) is 40.8. The normalized spacial score (nSPS) is 11.3. The van der Waals surface area contributed by atoms with Crippen molar-refractivity contribution in [2.45, 2.75) is 6.61 Å². The monoisotopic (exact) mass is 629 g/mol. The Balaban J connectivity index is 0.000000142. The van der Waals surface area contributed by atoms with Crippen molar-refractivity contribution in [2.24, 2.45) is 0 Å². The van der Waals surface area contributed by atoms with Crippen molar-refractivity contribution in [3.05, 3.63) is 127 Å². The van der Waals surface area contributed by atoms with E-state index in [2.05, 4.69) is 53.5 Å². The van der Waals surface area contributed by atoms with Gasteiger partial charge in [-0.25, -0.2) is 0 Å². The van der Waals surface area contributed by atoms with E-state index < -0.39 is 0 Å². The van der Waals surface area contributed by atoms with Crippen LogP contribution in [0.4, 0.5) is 0 Å². The van der Waals surface area contributed by atoms with Crippen LogP contribution >= 0.6 is 0 Å².